The number of rotatable bonds is 3. The van der Waals surface area contributed by atoms with Crippen molar-refractivity contribution in [2.45, 2.75) is 72.2 Å². The van der Waals surface area contributed by atoms with Gasteiger partial charge in [0.25, 0.3) is 0 Å². The van der Waals surface area contributed by atoms with Gasteiger partial charge in [0.05, 0.1) is 10.8 Å². The van der Waals surface area contributed by atoms with Gasteiger partial charge in [-0.2, -0.15) is 0 Å². The van der Waals surface area contributed by atoms with Gasteiger partial charge in [0.2, 0.25) is 0 Å². The van der Waals surface area contributed by atoms with Crippen LogP contribution in [0.15, 0.2) is 0 Å². The summed E-state index contributed by atoms with van der Waals surface area (Å²) in [6, 6.07) is 0. The summed E-state index contributed by atoms with van der Waals surface area (Å²) in [4.78, 5) is 23.8. The molecule has 1 aliphatic rings. The zero-order chi connectivity index (χ0) is 18.9. The zero-order valence-corrected chi connectivity index (χ0v) is 15.0. The number of hydrogen-bond acceptors (Lipinski definition) is 8. The molecule has 140 valence electrons. The summed E-state index contributed by atoms with van der Waals surface area (Å²) in [6.07, 6.45) is -7.26. The van der Waals surface area contributed by atoms with Crippen LogP contribution in [0.5, 0.6) is 0 Å². The fraction of sp³-hybridized carbons (Fsp3) is 0.875. The maximum Gasteiger partial charge on any atom is 0.311 e. The van der Waals surface area contributed by atoms with Gasteiger partial charge in [-0.05, 0) is 41.5 Å². The minimum Gasteiger partial charge on any atom is -0.462 e. The Labute approximate surface area is 141 Å². The van der Waals surface area contributed by atoms with Crippen molar-refractivity contribution in [2.24, 2.45) is 10.8 Å². The van der Waals surface area contributed by atoms with Gasteiger partial charge in [-0.15, -0.1) is 0 Å². The van der Waals surface area contributed by atoms with E-state index in [2.05, 4.69) is 0 Å². The Morgan fingerprint density at radius 3 is 1.88 bits per heavy atom. The molecular formula is C16H28O8. The molecule has 0 saturated carbocycles. The molecule has 5 atom stereocenters. The third-order valence-corrected chi connectivity index (χ3v) is 3.51. The lowest BCUT2D eigenvalue weighted by Crippen LogP contribution is -2.60. The summed E-state index contributed by atoms with van der Waals surface area (Å²) < 4.78 is 15.3. The fourth-order valence-electron chi connectivity index (χ4n) is 1.87. The molecule has 3 N–H and O–H groups in total. The second-order valence-electron chi connectivity index (χ2n) is 8.01. The smallest absolute Gasteiger partial charge is 0.311 e. The van der Waals surface area contributed by atoms with Crippen LogP contribution in [0.2, 0.25) is 0 Å². The summed E-state index contributed by atoms with van der Waals surface area (Å²) in [5, 5.41) is 30.0. The normalized spacial score (nSPS) is 31.5. The molecule has 0 aromatic heterocycles. The van der Waals surface area contributed by atoms with E-state index in [0.717, 1.165) is 0 Å². The highest BCUT2D eigenvalue weighted by Crippen LogP contribution is 2.26. The summed E-state index contributed by atoms with van der Waals surface area (Å²) in [5.41, 5.74) is -1.59. The van der Waals surface area contributed by atoms with Crippen molar-refractivity contribution in [1.82, 2.24) is 0 Å². The summed E-state index contributed by atoms with van der Waals surface area (Å²) in [5.74, 6) is -1.16. The van der Waals surface area contributed by atoms with E-state index in [1.54, 1.807) is 41.5 Å². The first-order chi connectivity index (χ1) is 10.7. The van der Waals surface area contributed by atoms with E-state index in [1.807, 2.05) is 0 Å². The Bertz CT molecular complexity index is 462. The van der Waals surface area contributed by atoms with E-state index in [0.29, 0.717) is 0 Å². The van der Waals surface area contributed by atoms with E-state index in [9.17, 15) is 24.9 Å². The van der Waals surface area contributed by atoms with Crippen LogP contribution in [-0.2, 0) is 23.8 Å². The third kappa shape index (κ3) is 5.14. The van der Waals surface area contributed by atoms with Gasteiger partial charge in [-0.25, -0.2) is 0 Å². The minimum atomic E-state index is -1.68. The number of esters is 2. The Morgan fingerprint density at radius 1 is 0.917 bits per heavy atom. The van der Waals surface area contributed by atoms with Crippen LogP contribution in [0, 0.1) is 10.8 Å². The topological polar surface area (TPSA) is 123 Å². The first-order valence-corrected chi connectivity index (χ1v) is 7.83. The lowest BCUT2D eigenvalue weighted by atomic mass is 9.95. The van der Waals surface area contributed by atoms with Gasteiger partial charge in [0.15, 0.2) is 12.4 Å². The average Bonchev–Trinajstić information content (AvgIpc) is 2.43. The fourth-order valence-corrected chi connectivity index (χ4v) is 1.87. The van der Waals surface area contributed by atoms with Crippen LogP contribution in [-0.4, -0.2) is 64.6 Å². The van der Waals surface area contributed by atoms with Gasteiger partial charge >= 0.3 is 11.9 Å². The molecule has 1 rings (SSSR count). The molecule has 0 aliphatic carbocycles. The van der Waals surface area contributed by atoms with Crippen LogP contribution < -0.4 is 0 Å². The molecule has 1 unspecified atom stereocenters. The van der Waals surface area contributed by atoms with Gasteiger partial charge in [0.1, 0.15) is 24.9 Å². The van der Waals surface area contributed by atoms with E-state index < -0.39 is 53.5 Å². The van der Waals surface area contributed by atoms with Crippen LogP contribution in [0.3, 0.4) is 0 Å². The Hall–Kier alpha value is -1.22. The molecule has 1 heterocycles. The van der Waals surface area contributed by atoms with Crippen molar-refractivity contribution >= 4 is 11.9 Å². The van der Waals surface area contributed by atoms with Crippen molar-refractivity contribution in [3.63, 3.8) is 0 Å². The molecule has 0 spiro atoms. The Kier molecular flexibility index (Phi) is 6.37. The predicted octanol–water partition coefficient (Wildman–Crippen LogP) is -0.0274. The van der Waals surface area contributed by atoms with E-state index in [-0.39, 0.29) is 6.61 Å². The van der Waals surface area contributed by atoms with Gasteiger partial charge in [0, 0.05) is 0 Å². The van der Waals surface area contributed by atoms with Crippen LogP contribution in [0.25, 0.3) is 0 Å². The van der Waals surface area contributed by atoms with E-state index in [1.165, 1.54) is 0 Å². The summed E-state index contributed by atoms with van der Waals surface area (Å²) in [7, 11) is 0. The largest absolute Gasteiger partial charge is 0.462 e. The molecule has 0 amide bonds. The number of aliphatic hydroxyl groups is 3. The first kappa shape index (κ1) is 20.8. The maximum absolute atomic E-state index is 12.0. The highest BCUT2D eigenvalue weighted by atomic mass is 16.7. The van der Waals surface area contributed by atoms with Crippen LogP contribution in [0.1, 0.15) is 41.5 Å². The molecule has 1 saturated heterocycles. The lowest BCUT2D eigenvalue weighted by molar-refractivity contribution is -0.292. The van der Waals surface area contributed by atoms with Crippen molar-refractivity contribution < 1.29 is 39.1 Å². The van der Waals surface area contributed by atoms with Gasteiger partial charge in [-0.1, -0.05) is 0 Å². The lowest BCUT2D eigenvalue weighted by Gasteiger charge is -2.40. The van der Waals surface area contributed by atoms with Crippen molar-refractivity contribution in [1.29, 1.82) is 0 Å². The van der Waals surface area contributed by atoms with Crippen LogP contribution in [0.4, 0.5) is 0 Å². The predicted molar refractivity (Wildman–Crippen MR) is 82.6 cm³/mol. The maximum atomic E-state index is 12.0. The molecule has 8 nitrogen and oxygen atoms in total. The Morgan fingerprint density at radius 2 is 1.42 bits per heavy atom. The second-order valence-corrected chi connectivity index (χ2v) is 8.01. The average molecular weight is 348 g/mol. The summed E-state index contributed by atoms with van der Waals surface area (Å²) in [6.45, 7) is 9.51. The number of hydrogen-bond donors (Lipinski definition) is 3. The SMILES string of the molecule is CC(C)(C)C(=O)OC[C@H]1OC(O)[C@@H](O)[C@@H](OC(=O)C(C)(C)C)[C@@H]1O. The highest BCUT2D eigenvalue weighted by Gasteiger charge is 2.47. The zero-order valence-electron chi connectivity index (χ0n) is 15.0. The number of ether oxygens (including phenoxy) is 3. The molecule has 8 heteroatoms. The molecule has 24 heavy (non-hydrogen) atoms. The highest BCUT2D eigenvalue weighted by molar-refractivity contribution is 5.76. The van der Waals surface area contributed by atoms with Crippen LogP contribution >= 0.6 is 0 Å². The molecule has 1 aliphatic heterocycles. The first-order valence-electron chi connectivity index (χ1n) is 7.83. The molecular weight excluding hydrogens is 320 g/mol. The van der Waals surface area contributed by atoms with Crippen molar-refractivity contribution in [3.8, 4) is 0 Å². The summed E-state index contributed by atoms with van der Waals surface area (Å²) >= 11 is 0. The monoisotopic (exact) mass is 348 g/mol. The van der Waals surface area contributed by atoms with E-state index >= 15 is 0 Å². The molecule has 1 fully saturated rings. The standard InChI is InChI=1S/C16H28O8/c1-15(2,3)13(20)22-7-8-9(17)11(10(18)12(19)23-8)24-14(21)16(4,5)6/h8-12,17-19H,7H2,1-6H3/t8-,9-,10+,11+,12?/m1/s1. The minimum absolute atomic E-state index is 0.343. The van der Waals surface area contributed by atoms with E-state index in [4.69, 9.17) is 14.2 Å². The molecule has 0 aromatic rings. The second kappa shape index (κ2) is 7.35. The molecule has 0 radical (unpaired) electrons. The quantitative estimate of drug-likeness (QED) is 0.608. The number of carbonyl (C=O) groups is 2. The van der Waals surface area contributed by atoms with Gasteiger partial charge < -0.3 is 29.5 Å². The van der Waals surface area contributed by atoms with Crippen molar-refractivity contribution in [2.75, 3.05) is 6.61 Å². The third-order valence-electron chi connectivity index (χ3n) is 3.51. The number of aliphatic hydroxyl groups excluding tert-OH is 3. The number of carbonyl (C=O) groups excluding carboxylic acids is 2. The van der Waals surface area contributed by atoms with Gasteiger partial charge in [-0.3, -0.25) is 9.59 Å². The molecule has 0 aromatic carbocycles. The molecule has 0 bridgehead atoms. The van der Waals surface area contributed by atoms with Crippen molar-refractivity contribution in [3.05, 3.63) is 0 Å². The Balaban J connectivity index is 2.79.